The zero-order valence-corrected chi connectivity index (χ0v) is 36.2. The number of benzene rings is 4. The number of likely N-dealkylation sites (tertiary alicyclic amines) is 2. The Hall–Kier alpha value is -8.06. The first-order valence-corrected chi connectivity index (χ1v) is 21.5. The number of nitrogens with zero attached hydrogens (tertiary/aromatic N) is 9. The van der Waals surface area contributed by atoms with E-state index < -0.39 is 0 Å². The first-order valence-electron chi connectivity index (χ1n) is 21.5. The van der Waals surface area contributed by atoms with Gasteiger partial charge in [-0.3, -0.25) is 9.59 Å². The van der Waals surface area contributed by atoms with Crippen LogP contribution in [0.4, 0.5) is 0 Å². The molecule has 4 aromatic heterocycles. The lowest BCUT2D eigenvalue weighted by Crippen LogP contribution is -2.44. The lowest BCUT2D eigenvalue weighted by molar-refractivity contribution is 0.0529. The lowest BCUT2D eigenvalue weighted by Gasteiger charge is -2.33. The van der Waals surface area contributed by atoms with Crippen molar-refractivity contribution in [1.29, 1.82) is 0 Å². The van der Waals surface area contributed by atoms with Crippen molar-refractivity contribution in [3.63, 3.8) is 0 Å². The van der Waals surface area contributed by atoms with E-state index in [-0.39, 0.29) is 24.0 Å². The standard InChI is InChI=1S/C25H22N4O2.C23H21N5O2.2C2H4/c30-25(22-11-4-3-10-21(22)23-26-13-6-14-27-23)29-16-5-8-19(17-29)31-24-20-9-2-1-7-18(20)12-15-28-24;29-23(20-9-3-4-10-21(20)28-25-13-14-26-28)27-15-5-7-18(16-27)30-22-19-8-2-1-6-17(19)11-12-24-22;2*1-2/h1-4,6-7,9-15,19H,5,8,16-17H2;1-4,6,8-14,18H,5,7,15-16H2;2*1-2H2/t19-;18-;;/m11../s1. The Morgan fingerprint density at radius 1 is 0.508 bits per heavy atom. The van der Waals surface area contributed by atoms with Crippen molar-refractivity contribution >= 4 is 33.4 Å². The molecule has 328 valence electrons. The van der Waals surface area contributed by atoms with Gasteiger partial charge in [0, 0.05) is 54.2 Å². The number of rotatable bonds is 8. The molecule has 8 aromatic rings. The van der Waals surface area contributed by atoms with Gasteiger partial charge in [-0.1, -0.05) is 66.7 Å². The molecule has 2 amide bonds. The summed E-state index contributed by atoms with van der Waals surface area (Å²) in [4.78, 5) is 49.4. The van der Waals surface area contributed by atoms with E-state index in [2.05, 4.69) is 56.4 Å². The monoisotopic (exact) mass is 865 g/mol. The maximum atomic E-state index is 13.4. The summed E-state index contributed by atoms with van der Waals surface area (Å²) < 4.78 is 12.5. The van der Waals surface area contributed by atoms with Gasteiger partial charge in [-0.25, -0.2) is 19.9 Å². The summed E-state index contributed by atoms with van der Waals surface area (Å²) in [5.74, 6) is 1.73. The van der Waals surface area contributed by atoms with Crippen LogP contribution in [-0.4, -0.2) is 94.9 Å². The molecule has 2 atom stereocenters. The molecule has 4 aromatic carbocycles. The maximum absolute atomic E-state index is 13.4. The van der Waals surface area contributed by atoms with Gasteiger partial charge in [0.25, 0.3) is 11.8 Å². The Kier molecular flexibility index (Phi) is 15.5. The van der Waals surface area contributed by atoms with Crippen LogP contribution in [0.25, 0.3) is 38.6 Å². The number of para-hydroxylation sites is 1. The third kappa shape index (κ3) is 10.8. The number of hydrogen-bond acceptors (Lipinski definition) is 10. The highest BCUT2D eigenvalue weighted by Gasteiger charge is 2.29. The molecule has 0 saturated carbocycles. The minimum Gasteiger partial charge on any atom is -0.472 e. The van der Waals surface area contributed by atoms with Gasteiger partial charge in [-0.2, -0.15) is 15.0 Å². The normalized spacial score (nSPS) is 15.5. The van der Waals surface area contributed by atoms with Crippen LogP contribution in [0.15, 0.2) is 179 Å². The van der Waals surface area contributed by atoms with E-state index in [0.29, 0.717) is 60.6 Å². The molecule has 10 rings (SSSR count). The summed E-state index contributed by atoms with van der Waals surface area (Å²) in [6.45, 7) is 14.4. The highest BCUT2D eigenvalue weighted by atomic mass is 16.5. The van der Waals surface area contributed by atoms with Gasteiger partial charge in [-0.05, 0) is 85.0 Å². The minimum absolute atomic E-state index is 0.0257. The summed E-state index contributed by atoms with van der Waals surface area (Å²) in [7, 11) is 0. The molecule has 65 heavy (non-hydrogen) atoms. The molecule has 13 heteroatoms. The van der Waals surface area contributed by atoms with Crippen molar-refractivity contribution in [2.75, 3.05) is 26.2 Å². The molecule has 0 radical (unpaired) electrons. The molecule has 0 spiro atoms. The minimum atomic E-state index is -0.101. The van der Waals surface area contributed by atoms with Crippen LogP contribution in [0, 0.1) is 0 Å². The Morgan fingerprint density at radius 2 is 0.985 bits per heavy atom. The maximum Gasteiger partial charge on any atom is 0.256 e. The van der Waals surface area contributed by atoms with Crippen LogP contribution in [0.5, 0.6) is 11.8 Å². The van der Waals surface area contributed by atoms with Crippen LogP contribution in [0.2, 0.25) is 0 Å². The third-order valence-corrected chi connectivity index (χ3v) is 10.9. The van der Waals surface area contributed by atoms with Crippen LogP contribution < -0.4 is 9.47 Å². The molecule has 2 aliphatic heterocycles. The smallest absolute Gasteiger partial charge is 0.256 e. The molecule has 0 aliphatic carbocycles. The van der Waals surface area contributed by atoms with Crippen molar-refractivity contribution in [1.82, 2.24) is 44.7 Å². The molecule has 2 aliphatic rings. The van der Waals surface area contributed by atoms with Crippen LogP contribution in [0.3, 0.4) is 0 Å². The Morgan fingerprint density at radius 3 is 1.55 bits per heavy atom. The van der Waals surface area contributed by atoms with Gasteiger partial charge in [0.05, 0.1) is 42.3 Å². The van der Waals surface area contributed by atoms with E-state index >= 15 is 0 Å². The van der Waals surface area contributed by atoms with E-state index in [0.717, 1.165) is 52.8 Å². The predicted molar refractivity (Wildman–Crippen MR) is 254 cm³/mol. The summed E-state index contributed by atoms with van der Waals surface area (Å²) in [5, 5.41) is 12.5. The number of aromatic nitrogens is 7. The van der Waals surface area contributed by atoms with E-state index in [4.69, 9.17) is 9.47 Å². The van der Waals surface area contributed by atoms with Crippen LogP contribution >= 0.6 is 0 Å². The average Bonchev–Trinajstić information content (AvgIpc) is 3.94. The second-order valence-corrected chi connectivity index (χ2v) is 14.9. The number of hydrogen-bond donors (Lipinski definition) is 0. The molecule has 13 nitrogen and oxygen atoms in total. The van der Waals surface area contributed by atoms with Gasteiger partial charge >= 0.3 is 0 Å². The van der Waals surface area contributed by atoms with Gasteiger partial charge in [-0.15, -0.1) is 26.3 Å². The quantitative estimate of drug-likeness (QED) is 0.136. The van der Waals surface area contributed by atoms with Crippen molar-refractivity contribution in [3.05, 3.63) is 190 Å². The first-order chi connectivity index (χ1) is 32.1. The number of pyridine rings is 2. The van der Waals surface area contributed by atoms with Gasteiger partial charge in [0.2, 0.25) is 11.8 Å². The number of piperidine rings is 2. The largest absolute Gasteiger partial charge is 0.472 e. The molecule has 6 heterocycles. The number of fused-ring (bicyclic) bond motifs is 2. The molecule has 0 N–H and O–H groups in total. The molecular weight excluding hydrogens is 815 g/mol. The first kappa shape index (κ1) is 45.0. The van der Waals surface area contributed by atoms with Crippen molar-refractivity contribution in [3.8, 4) is 28.8 Å². The molecular formula is C52H51N9O4. The SMILES string of the molecule is C=C.C=C.O=C(c1ccccc1-c1ncccn1)N1CCC[C@@H](Oc2nccc3ccccc23)C1.O=C(c1ccccc1-n1nccn1)N1CCC[C@@H](Oc2nccc3ccccc23)C1. The third-order valence-electron chi connectivity index (χ3n) is 10.9. The summed E-state index contributed by atoms with van der Waals surface area (Å²) >= 11 is 0. The zero-order chi connectivity index (χ0) is 45.4. The Bertz CT molecular complexity index is 2790. The number of ether oxygens (including phenoxy) is 2. The van der Waals surface area contributed by atoms with Gasteiger partial charge in [0.1, 0.15) is 12.2 Å². The highest BCUT2D eigenvalue weighted by Crippen LogP contribution is 2.29. The number of amides is 2. The van der Waals surface area contributed by atoms with E-state index in [9.17, 15) is 9.59 Å². The average molecular weight is 866 g/mol. The number of carbonyl (C=O) groups is 2. The Balaban J connectivity index is 0.000000180. The predicted octanol–water partition coefficient (Wildman–Crippen LogP) is 9.48. The second kappa shape index (κ2) is 22.3. The summed E-state index contributed by atoms with van der Waals surface area (Å²) in [6.07, 6.45) is 13.4. The number of carbonyl (C=O) groups excluding carboxylic acids is 2. The van der Waals surface area contributed by atoms with Crippen molar-refractivity contribution in [2.24, 2.45) is 0 Å². The van der Waals surface area contributed by atoms with Gasteiger partial charge < -0.3 is 19.3 Å². The fraction of sp³-hybridized carbons (Fsp3) is 0.192. The zero-order valence-electron chi connectivity index (χ0n) is 36.2. The highest BCUT2D eigenvalue weighted by molar-refractivity contribution is 6.00. The second-order valence-electron chi connectivity index (χ2n) is 14.9. The van der Waals surface area contributed by atoms with Crippen molar-refractivity contribution in [2.45, 2.75) is 37.9 Å². The van der Waals surface area contributed by atoms with Crippen molar-refractivity contribution < 1.29 is 19.1 Å². The summed E-state index contributed by atoms with van der Waals surface area (Å²) in [5.41, 5.74) is 2.60. The van der Waals surface area contributed by atoms with E-state index in [1.54, 1.807) is 43.2 Å². The van der Waals surface area contributed by atoms with Crippen LogP contribution in [0.1, 0.15) is 46.4 Å². The molecule has 2 fully saturated rings. The van der Waals surface area contributed by atoms with Crippen LogP contribution in [-0.2, 0) is 0 Å². The lowest BCUT2D eigenvalue weighted by atomic mass is 10.0. The Labute approximate surface area is 378 Å². The van der Waals surface area contributed by atoms with E-state index in [1.807, 2.05) is 119 Å². The topological polar surface area (TPSA) is 141 Å². The summed E-state index contributed by atoms with van der Waals surface area (Å²) in [6, 6.07) is 36.7. The molecule has 0 bridgehead atoms. The van der Waals surface area contributed by atoms with Gasteiger partial charge in [0.15, 0.2) is 5.82 Å². The van der Waals surface area contributed by atoms with E-state index in [1.165, 1.54) is 4.80 Å². The molecule has 0 unspecified atom stereocenters. The molecule has 2 saturated heterocycles. The fourth-order valence-corrected chi connectivity index (χ4v) is 7.94. The fourth-order valence-electron chi connectivity index (χ4n) is 7.94.